The topological polar surface area (TPSA) is 411 Å². The number of carbonyl (C=O) groups excluding carboxylic acids is 7. The molecule has 3 atom stereocenters. The van der Waals surface area contributed by atoms with Crippen LogP contribution in [0.3, 0.4) is 0 Å². The summed E-state index contributed by atoms with van der Waals surface area (Å²) >= 11 is 0.775. The second-order valence-electron chi connectivity index (χ2n) is 22.5. The number of carboxylic acids is 1. The Morgan fingerprint density at radius 2 is 1.26 bits per heavy atom. The molecule has 1 aromatic heterocycles. The Morgan fingerprint density at radius 1 is 0.642 bits per heavy atom. The molecule has 15 N–H and O–H groups in total. The van der Waals surface area contributed by atoms with Crippen molar-refractivity contribution in [2.45, 2.75) is 158 Å². The van der Waals surface area contributed by atoms with E-state index in [0.29, 0.717) is 130 Å². The van der Waals surface area contributed by atoms with Gasteiger partial charge in [-0.3, -0.25) is 43.8 Å². The number of carbonyl (C=O) groups is 8. The van der Waals surface area contributed by atoms with Crippen molar-refractivity contribution >= 4 is 71.3 Å². The molecule has 518 valence electrons. The molecule has 0 aliphatic heterocycles. The molecule has 1 heterocycles. The van der Waals surface area contributed by atoms with Crippen LogP contribution in [0.1, 0.15) is 159 Å². The predicted octanol–water partition coefficient (Wildman–Crippen LogP) is 5.90. The molecule has 3 aromatic carbocycles. The molecule has 0 saturated carbocycles. The van der Waals surface area contributed by atoms with Gasteiger partial charge < -0.3 is 68.4 Å². The highest BCUT2D eigenvalue weighted by Gasteiger charge is 2.30. The molecule has 27 nitrogen and oxygen atoms in total. The number of aromatic nitrogens is 1. The number of nitrogens with two attached hydrogens (primary N) is 3. The van der Waals surface area contributed by atoms with Crippen LogP contribution >= 0.6 is 12.0 Å². The number of carboxylic acid groups (broad SMARTS) is 1. The smallest absolute Gasteiger partial charge is 0.303 e. The SMILES string of the molecule is C=CCc1c(OCCCCCOc2cccc(OCCCC(=O)NCCCNC(=O)C(CCCCN)NC(=O)C(CCCCN)NC(=O)C(CCCCN)NC(=O)CNC(=O)c3ccc(N/N=C/c4ccccc4SOOO)nc3)c2CCC(=O)O)ccc2c1CCCC2=O. The summed E-state index contributed by atoms with van der Waals surface area (Å²) in [7, 11) is 0. The van der Waals surface area contributed by atoms with E-state index in [-0.39, 0.29) is 75.5 Å². The molecule has 1 aliphatic carbocycles. The van der Waals surface area contributed by atoms with Crippen molar-refractivity contribution in [1.29, 1.82) is 0 Å². The zero-order valence-corrected chi connectivity index (χ0v) is 54.8. The van der Waals surface area contributed by atoms with Gasteiger partial charge in [-0.15, -0.1) is 10.9 Å². The molecule has 4 aromatic rings. The van der Waals surface area contributed by atoms with Gasteiger partial charge in [0, 0.05) is 65.7 Å². The van der Waals surface area contributed by atoms with E-state index in [1.807, 2.05) is 18.2 Å². The van der Waals surface area contributed by atoms with Crippen LogP contribution in [0, 0.1) is 0 Å². The van der Waals surface area contributed by atoms with Gasteiger partial charge in [-0.2, -0.15) is 5.10 Å². The largest absolute Gasteiger partial charge is 0.493 e. The van der Waals surface area contributed by atoms with Crippen LogP contribution in [-0.4, -0.2) is 146 Å². The minimum Gasteiger partial charge on any atom is -0.493 e. The molecule has 0 radical (unpaired) electrons. The summed E-state index contributed by atoms with van der Waals surface area (Å²) in [6.07, 6.45) is 14.4. The number of fused-ring (bicyclic) bond motifs is 1. The number of hydrogen-bond acceptors (Lipinski definition) is 21. The predicted molar refractivity (Wildman–Crippen MR) is 360 cm³/mol. The summed E-state index contributed by atoms with van der Waals surface area (Å²) < 4.78 is 22.9. The van der Waals surface area contributed by atoms with Crippen molar-refractivity contribution < 1.29 is 72.3 Å². The summed E-state index contributed by atoms with van der Waals surface area (Å²) in [5.41, 5.74) is 24.4. The van der Waals surface area contributed by atoms with Crippen molar-refractivity contribution in [3.63, 3.8) is 0 Å². The summed E-state index contributed by atoms with van der Waals surface area (Å²) in [4.78, 5) is 110. The third-order valence-corrected chi connectivity index (χ3v) is 16.0. The standard InChI is InChI=1S/C67H94N12O15S/c1-2-18-50-48-20-14-24-55(80)49(48)30-32-58(50)91-41-13-3-12-40-90-56-25-15-26-57(51(56)31-34-63(83)84)92-42-16-28-61(81)71-38-17-39-72-65(86)52(21-6-9-35-68)77-67(88)54(23-8-11-37-70)78-66(87)53(22-7-10-36-69)76-62(82)45-74-64(85)47-29-33-60(73-43-47)79-75-44-46-19-4-5-27-59(46)95-94-93-89/h2,4-5,15,19,25-27,29-30,32-33,43-44,52-54,89H,1,3,6-14,16-18,20-24,28,31,34-42,45,68-70H2,(H,71,81)(H,72,86)(H,73,79)(H,74,85)(H,76,82)(H,77,88)(H,78,87)(H,83,84)/b75-44+. The lowest BCUT2D eigenvalue weighted by molar-refractivity contribution is -0.432. The lowest BCUT2D eigenvalue weighted by Gasteiger charge is -2.25. The third kappa shape index (κ3) is 28.5. The van der Waals surface area contributed by atoms with Crippen molar-refractivity contribution in [3.8, 4) is 17.2 Å². The highest BCUT2D eigenvalue weighted by Crippen LogP contribution is 2.33. The van der Waals surface area contributed by atoms with Gasteiger partial charge in [0.25, 0.3) is 5.91 Å². The number of aliphatic carboxylic acids is 1. The molecule has 28 heteroatoms. The quantitative estimate of drug-likeness (QED) is 0.00611. The fourth-order valence-electron chi connectivity index (χ4n) is 10.3. The molecular weight excluding hydrogens is 1240 g/mol. The van der Waals surface area contributed by atoms with E-state index >= 15 is 0 Å². The number of Topliss-reactive ketones (excluding diaryl/α,β-unsaturated/α-hetero) is 1. The van der Waals surface area contributed by atoms with Crippen LogP contribution in [0.2, 0.25) is 0 Å². The van der Waals surface area contributed by atoms with Gasteiger partial charge in [0.15, 0.2) is 5.78 Å². The normalized spacial score (nSPS) is 12.7. The Bertz CT molecular complexity index is 3120. The number of pyridine rings is 1. The number of benzene rings is 3. The average molecular weight is 1340 g/mol. The molecule has 5 rings (SSSR count). The number of rotatable bonds is 49. The minimum absolute atomic E-state index is 0.133. The summed E-state index contributed by atoms with van der Waals surface area (Å²) in [6.45, 7) is 5.92. The maximum atomic E-state index is 14.1. The van der Waals surface area contributed by atoms with Gasteiger partial charge in [-0.05, 0) is 183 Å². The fraction of sp³-hybridized carbons (Fsp3) is 0.493. The Morgan fingerprint density at radius 3 is 1.88 bits per heavy atom. The lowest BCUT2D eigenvalue weighted by Crippen LogP contribution is -2.57. The number of amides is 6. The van der Waals surface area contributed by atoms with Gasteiger partial charge in [0.1, 0.15) is 41.2 Å². The first-order chi connectivity index (χ1) is 46.2. The molecule has 0 saturated heterocycles. The molecule has 0 spiro atoms. The Hall–Kier alpha value is -8.51. The maximum Gasteiger partial charge on any atom is 0.303 e. The van der Waals surface area contributed by atoms with E-state index in [4.69, 9.17) is 36.7 Å². The van der Waals surface area contributed by atoms with Crippen molar-refractivity contribution in [1.82, 2.24) is 36.9 Å². The molecule has 0 bridgehead atoms. The van der Waals surface area contributed by atoms with E-state index in [1.165, 1.54) is 24.5 Å². The van der Waals surface area contributed by atoms with Crippen LogP contribution in [0.5, 0.6) is 17.2 Å². The molecule has 1 aliphatic rings. The van der Waals surface area contributed by atoms with E-state index in [1.54, 1.807) is 42.5 Å². The average Bonchev–Trinajstić information content (AvgIpc) is 0.825. The first-order valence-corrected chi connectivity index (χ1v) is 33.3. The molecule has 0 fully saturated rings. The number of unbranched alkanes of at least 4 members (excludes halogenated alkanes) is 5. The van der Waals surface area contributed by atoms with Gasteiger partial charge in [0.2, 0.25) is 29.5 Å². The summed E-state index contributed by atoms with van der Waals surface area (Å²) in [5, 5.41) is 42.3. The zero-order chi connectivity index (χ0) is 68.4. The van der Waals surface area contributed by atoms with Crippen LogP contribution in [0.4, 0.5) is 5.82 Å². The highest BCUT2D eigenvalue weighted by molar-refractivity contribution is 7.94. The fourth-order valence-corrected chi connectivity index (χ4v) is 10.7. The number of nitrogens with one attached hydrogen (secondary N) is 7. The van der Waals surface area contributed by atoms with Gasteiger partial charge >= 0.3 is 5.97 Å². The van der Waals surface area contributed by atoms with Gasteiger partial charge in [0.05, 0.1) is 50.2 Å². The molecule has 95 heavy (non-hydrogen) atoms. The number of hydrogen-bond donors (Lipinski definition) is 12. The number of ketones is 1. The first-order valence-electron chi connectivity index (χ1n) is 32.5. The van der Waals surface area contributed by atoms with E-state index in [2.05, 4.69) is 63.4 Å². The second-order valence-corrected chi connectivity index (χ2v) is 23.3. The maximum absolute atomic E-state index is 14.1. The number of nitrogens with zero attached hydrogens (tertiary/aromatic N) is 2. The lowest BCUT2D eigenvalue weighted by atomic mass is 9.86. The molecule has 3 unspecified atom stereocenters. The Balaban J connectivity index is 1.04. The van der Waals surface area contributed by atoms with Crippen LogP contribution in [0.15, 0.2) is 95.6 Å². The Kier molecular flexibility index (Phi) is 36.5. The van der Waals surface area contributed by atoms with Crippen molar-refractivity contribution in [2.75, 3.05) is 64.5 Å². The summed E-state index contributed by atoms with van der Waals surface area (Å²) in [6, 6.07) is 15.8. The zero-order valence-electron chi connectivity index (χ0n) is 54.0. The van der Waals surface area contributed by atoms with Crippen LogP contribution in [0.25, 0.3) is 0 Å². The number of allylic oxidation sites excluding steroid dienone is 1. The van der Waals surface area contributed by atoms with Gasteiger partial charge in [-0.25, -0.2) is 10.2 Å². The highest BCUT2D eigenvalue weighted by atomic mass is 32.2. The summed E-state index contributed by atoms with van der Waals surface area (Å²) in [5.74, 6) is -1.95. The van der Waals surface area contributed by atoms with Gasteiger partial charge in [-0.1, -0.05) is 35.4 Å². The number of ether oxygens (including phenoxy) is 3. The third-order valence-electron chi connectivity index (χ3n) is 15.3. The minimum atomic E-state index is -1.11. The van der Waals surface area contributed by atoms with Crippen LogP contribution in [-0.2, 0) is 57.4 Å². The van der Waals surface area contributed by atoms with E-state index < -0.39 is 60.2 Å². The first kappa shape index (κ1) is 77.2. The molecule has 6 amide bonds. The van der Waals surface area contributed by atoms with E-state index in [0.717, 1.165) is 66.6 Å². The monoisotopic (exact) mass is 1340 g/mol. The molecular formula is C67H94N12O15S. The Labute approximate surface area is 559 Å². The van der Waals surface area contributed by atoms with Crippen molar-refractivity contribution in [2.24, 2.45) is 22.3 Å². The van der Waals surface area contributed by atoms with E-state index in [9.17, 15) is 43.5 Å². The number of anilines is 1. The number of hydrazone groups is 1. The van der Waals surface area contributed by atoms with Crippen molar-refractivity contribution in [3.05, 3.63) is 119 Å². The van der Waals surface area contributed by atoms with Crippen LogP contribution < -0.4 is 68.7 Å². The second kappa shape index (κ2) is 45.0.